The van der Waals surface area contributed by atoms with Gasteiger partial charge in [0.1, 0.15) is 0 Å². The molecule has 1 aliphatic rings. The van der Waals surface area contributed by atoms with Gasteiger partial charge in [-0.2, -0.15) is 5.10 Å². The SMILES string of the molecule is CCCNC1(CO)CCCC(n2cc(Br)cn2)C1. The summed E-state index contributed by atoms with van der Waals surface area (Å²) in [5.41, 5.74) is -0.114. The summed E-state index contributed by atoms with van der Waals surface area (Å²) in [4.78, 5) is 0. The highest BCUT2D eigenvalue weighted by atomic mass is 79.9. The van der Waals surface area contributed by atoms with E-state index in [2.05, 4.69) is 33.3 Å². The first-order valence-corrected chi connectivity index (χ1v) is 7.54. The third kappa shape index (κ3) is 3.13. The first-order valence-electron chi connectivity index (χ1n) is 6.74. The van der Waals surface area contributed by atoms with Gasteiger partial charge >= 0.3 is 0 Å². The molecule has 1 aromatic heterocycles. The predicted octanol–water partition coefficient (Wildman–Crippen LogP) is 2.49. The maximum absolute atomic E-state index is 9.74. The molecule has 1 aromatic rings. The zero-order valence-corrected chi connectivity index (χ0v) is 12.5. The predicted molar refractivity (Wildman–Crippen MR) is 75.5 cm³/mol. The second kappa shape index (κ2) is 6.17. The molecule has 1 heterocycles. The lowest BCUT2D eigenvalue weighted by Crippen LogP contribution is -2.52. The van der Waals surface area contributed by atoms with Gasteiger partial charge in [0.15, 0.2) is 0 Å². The normalized spacial score (nSPS) is 28.5. The number of rotatable bonds is 5. The van der Waals surface area contributed by atoms with Crippen molar-refractivity contribution < 1.29 is 5.11 Å². The molecule has 1 saturated carbocycles. The Morgan fingerprint density at radius 1 is 1.67 bits per heavy atom. The number of halogens is 1. The van der Waals surface area contributed by atoms with Gasteiger partial charge in [-0.15, -0.1) is 0 Å². The van der Waals surface area contributed by atoms with E-state index in [0.29, 0.717) is 6.04 Å². The van der Waals surface area contributed by atoms with Crippen LogP contribution in [0, 0.1) is 0 Å². The van der Waals surface area contributed by atoms with E-state index in [1.54, 1.807) is 0 Å². The van der Waals surface area contributed by atoms with Crippen molar-refractivity contribution in [3.63, 3.8) is 0 Å². The summed E-state index contributed by atoms with van der Waals surface area (Å²) in [5.74, 6) is 0. The van der Waals surface area contributed by atoms with Crippen LogP contribution in [0.5, 0.6) is 0 Å². The molecular weight excluding hydrogens is 294 g/mol. The average molecular weight is 316 g/mol. The number of aromatic nitrogens is 2. The molecule has 102 valence electrons. The van der Waals surface area contributed by atoms with Crippen molar-refractivity contribution in [2.45, 2.75) is 50.6 Å². The van der Waals surface area contributed by atoms with E-state index in [0.717, 1.165) is 43.1 Å². The fourth-order valence-electron chi connectivity index (χ4n) is 2.82. The third-order valence-corrected chi connectivity index (χ3v) is 4.23. The van der Waals surface area contributed by atoms with Gasteiger partial charge < -0.3 is 10.4 Å². The molecule has 0 radical (unpaired) electrons. The van der Waals surface area contributed by atoms with Gasteiger partial charge in [0, 0.05) is 11.7 Å². The molecule has 1 aliphatic carbocycles. The quantitative estimate of drug-likeness (QED) is 0.877. The Morgan fingerprint density at radius 3 is 3.11 bits per heavy atom. The van der Waals surface area contributed by atoms with Crippen molar-refractivity contribution in [3.8, 4) is 0 Å². The molecule has 2 rings (SSSR count). The minimum atomic E-state index is -0.114. The average Bonchev–Trinajstić information content (AvgIpc) is 2.83. The molecule has 18 heavy (non-hydrogen) atoms. The standard InChI is InChI=1S/C13H22BrN3O/c1-2-6-15-13(10-18)5-3-4-12(7-13)17-9-11(14)8-16-17/h8-9,12,15,18H,2-7,10H2,1H3. The van der Waals surface area contributed by atoms with Crippen LogP contribution in [0.2, 0.25) is 0 Å². The lowest BCUT2D eigenvalue weighted by molar-refractivity contribution is 0.0947. The molecule has 0 aliphatic heterocycles. The van der Waals surface area contributed by atoms with Crippen LogP contribution >= 0.6 is 15.9 Å². The number of nitrogens with one attached hydrogen (secondary N) is 1. The maximum Gasteiger partial charge on any atom is 0.0632 e. The van der Waals surface area contributed by atoms with E-state index < -0.39 is 0 Å². The highest BCUT2D eigenvalue weighted by Crippen LogP contribution is 2.35. The zero-order valence-electron chi connectivity index (χ0n) is 10.9. The van der Waals surface area contributed by atoms with Crippen LogP contribution in [0.25, 0.3) is 0 Å². The summed E-state index contributed by atoms with van der Waals surface area (Å²) in [6, 6.07) is 0.390. The highest BCUT2D eigenvalue weighted by Gasteiger charge is 2.36. The van der Waals surface area contributed by atoms with Crippen molar-refractivity contribution in [1.82, 2.24) is 15.1 Å². The summed E-state index contributed by atoms with van der Waals surface area (Å²) < 4.78 is 3.05. The molecule has 0 saturated heterocycles. The number of nitrogens with zero attached hydrogens (tertiary/aromatic N) is 2. The number of aliphatic hydroxyl groups is 1. The van der Waals surface area contributed by atoms with E-state index in [9.17, 15) is 5.11 Å². The van der Waals surface area contributed by atoms with Crippen LogP contribution in [0.4, 0.5) is 0 Å². The monoisotopic (exact) mass is 315 g/mol. The highest BCUT2D eigenvalue weighted by molar-refractivity contribution is 9.10. The Morgan fingerprint density at radius 2 is 2.50 bits per heavy atom. The molecule has 4 nitrogen and oxygen atoms in total. The molecule has 2 atom stereocenters. The number of hydrogen-bond donors (Lipinski definition) is 2. The molecule has 0 spiro atoms. The van der Waals surface area contributed by atoms with Crippen LogP contribution in [-0.4, -0.2) is 33.6 Å². The first kappa shape index (κ1) is 14.0. The summed E-state index contributed by atoms with van der Waals surface area (Å²) in [5, 5.41) is 17.7. The van der Waals surface area contributed by atoms with Gasteiger partial charge in [0.05, 0.1) is 23.3 Å². The van der Waals surface area contributed by atoms with E-state index in [-0.39, 0.29) is 12.1 Å². The van der Waals surface area contributed by atoms with Crippen molar-refractivity contribution in [2.24, 2.45) is 0 Å². The van der Waals surface area contributed by atoms with Gasteiger partial charge in [-0.3, -0.25) is 4.68 Å². The van der Waals surface area contributed by atoms with Crippen molar-refractivity contribution >= 4 is 15.9 Å². The van der Waals surface area contributed by atoms with Crippen LogP contribution in [0.15, 0.2) is 16.9 Å². The second-order valence-electron chi connectivity index (χ2n) is 5.25. The number of hydrogen-bond acceptors (Lipinski definition) is 3. The van der Waals surface area contributed by atoms with Crippen LogP contribution < -0.4 is 5.32 Å². The van der Waals surface area contributed by atoms with Gasteiger partial charge in [-0.25, -0.2) is 0 Å². The molecule has 2 unspecified atom stereocenters. The fraction of sp³-hybridized carbons (Fsp3) is 0.769. The third-order valence-electron chi connectivity index (χ3n) is 3.82. The summed E-state index contributed by atoms with van der Waals surface area (Å²) >= 11 is 3.44. The zero-order chi connectivity index (χ0) is 13.0. The van der Waals surface area contributed by atoms with E-state index in [4.69, 9.17) is 0 Å². The Balaban J connectivity index is 2.06. The summed E-state index contributed by atoms with van der Waals surface area (Å²) in [6.45, 7) is 3.34. The largest absolute Gasteiger partial charge is 0.394 e. The van der Waals surface area contributed by atoms with Gasteiger partial charge in [-0.05, 0) is 54.6 Å². The van der Waals surface area contributed by atoms with Crippen LogP contribution in [0.3, 0.4) is 0 Å². The smallest absolute Gasteiger partial charge is 0.0632 e. The van der Waals surface area contributed by atoms with Crippen LogP contribution in [0.1, 0.15) is 45.1 Å². The van der Waals surface area contributed by atoms with Crippen molar-refractivity contribution in [1.29, 1.82) is 0 Å². The molecule has 2 N–H and O–H groups in total. The number of aliphatic hydroxyl groups excluding tert-OH is 1. The molecule has 1 fully saturated rings. The minimum Gasteiger partial charge on any atom is -0.394 e. The summed E-state index contributed by atoms with van der Waals surface area (Å²) in [7, 11) is 0. The van der Waals surface area contributed by atoms with Gasteiger partial charge in [0.25, 0.3) is 0 Å². The van der Waals surface area contributed by atoms with Crippen molar-refractivity contribution in [2.75, 3.05) is 13.2 Å². The van der Waals surface area contributed by atoms with E-state index >= 15 is 0 Å². The second-order valence-corrected chi connectivity index (χ2v) is 6.17. The molecule has 5 heteroatoms. The lowest BCUT2D eigenvalue weighted by atomic mass is 9.79. The Kier molecular flexibility index (Phi) is 4.81. The van der Waals surface area contributed by atoms with Crippen LogP contribution in [-0.2, 0) is 0 Å². The maximum atomic E-state index is 9.74. The topological polar surface area (TPSA) is 50.1 Å². The molecular formula is C13H22BrN3O. The van der Waals surface area contributed by atoms with Gasteiger partial charge in [-0.1, -0.05) is 6.92 Å². The van der Waals surface area contributed by atoms with E-state index in [1.165, 1.54) is 0 Å². The molecule has 0 amide bonds. The lowest BCUT2D eigenvalue weighted by Gasteiger charge is -2.40. The summed E-state index contributed by atoms with van der Waals surface area (Å²) in [6.07, 6.45) is 9.25. The Bertz CT molecular complexity index is 382. The van der Waals surface area contributed by atoms with Gasteiger partial charge in [0.2, 0.25) is 0 Å². The van der Waals surface area contributed by atoms with E-state index in [1.807, 2.05) is 17.1 Å². The fourth-order valence-corrected chi connectivity index (χ4v) is 3.12. The minimum absolute atomic E-state index is 0.114. The first-order chi connectivity index (χ1) is 8.69. The Labute approximate surface area is 117 Å². The van der Waals surface area contributed by atoms with Crippen molar-refractivity contribution in [3.05, 3.63) is 16.9 Å². The Hall–Kier alpha value is -0.390. The molecule has 0 bridgehead atoms. The molecule has 0 aromatic carbocycles.